The summed E-state index contributed by atoms with van der Waals surface area (Å²) in [5.74, 6) is 0.664. The lowest BCUT2D eigenvalue weighted by atomic mass is 10.1. The maximum Gasteiger partial charge on any atom is 0.126 e. The van der Waals surface area contributed by atoms with Crippen LogP contribution in [0.5, 0.6) is 0 Å². The van der Waals surface area contributed by atoms with Gasteiger partial charge in [-0.1, -0.05) is 6.07 Å². The Balaban J connectivity index is 1.65. The van der Waals surface area contributed by atoms with Gasteiger partial charge < -0.3 is 5.32 Å². The molecule has 0 unspecified atom stereocenters. The third-order valence-electron chi connectivity index (χ3n) is 3.79. The molecule has 4 heterocycles. The van der Waals surface area contributed by atoms with Crippen LogP contribution in [-0.4, -0.2) is 28.2 Å². The van der Waals surface area contributed by atoms with E-state index in [2.05, 4.69) is 27.4 Å². The number of aromatic nitrogens is 3. The van der Waals surface area contributed by atoms with Crippen molar-refractivity contribution < 1.29 is 4.39 Å². The van der Waals surface area contributed by atoms with E-state index in [1.54, 1.807) is 23.7 Å². The number of anilines is 1. The van der Waals surface area contributed by atoms with Crippen molar-refractivity contribution in [2.45, 2.75) is 0 Å². The van der Waals surface area contributed by atoms with Gasteiger partial charge >= 0.3 is 0 Å². The number of halogens is 1. The van der Waals surface area contributed by atoms with E-state index >= 15 is 0 Å². The zero-order valence-electron chi connectivity index (χ0n) is 13.3. The predicted octanol–water partition coefficient (Wildman–Crippen LogP) is 4.80. The molecule has 124 valence electrons. The molecule has 0 aromatic carbocycles. The minimum atomic E-state index is -0.417. The molecule has 4 nitrogen and oxygen atoms in total. The Kier molecular flexibility index (Phi) is 4.35. The first-order chi connectivity index (χ1) is 12.3. The maximum absolute atomic E-state index is 12.2. The molecule has 1 N–H and O–H groups in total. The SMILES string of the molecule is FCCNc1ccc(-c2ccc3cc(-c4cccnc4)sc3n2)cn1. The fourth-order valence-electron chi connectivity index (χ4n) is 2.55. The van der Waals surface area contributed by atoms with Crippen LogP contribution in [0.15, 0.2) is 61.1 Å². The summed E-state index contributed by atoms with van der Waals surface area (Å²) in [4.78, 5) is 15.4. The second-order valence-corrected chi connectivity index (χ2v) is 6.52. The molecule has 0 aliphatic rings. The van der Waals surface area contributed by atoms with Crippen molar-refractivity contribution in [2.75, 3.05) is 18.5 Å². The number of fused-ring (bicyclic) bond motifs is 1. The van der Waals surface area contributed by atoms with Gasteiger partial charge in [0.1, 0.15) is 17.3 Å². The average Bonchev–Trinajstić information content (AvgIpc) is 3.11. The van der Waals surface area contributed by atoms with Gasteiger partial charge in [-0.3, -0.25) is 4.98 Å². The van der Waals surface area contributed by atoms with Gasteiger partial charge in [-0.05, 0) is 36.4 Å². The summed E-state index contributed by atoms with van der Waals surface area (Å²) in [5.41, 5.74) is 2.90. The molecule has 0 radical (unpaired) electrons. The zero-order valence-corrected chi connectivity index (χ0v) is 14.1. The van der Waals surface area contributed by atoms with Gasteiger partial charge in [0.05, 0.1) is 5.69 Å². The second-order valence-electron chi connectivity index (χ2n) is 5.49. The molecule has 4 aromatic heterocycles. The first kappa shape index (κ1) is 15.7. The van der Waals surface area contributed by atoms with Crippen LogP contribution in [0.1, 0.15) is 0 Å². The summed E-state index contributed by atoms with van der Waals surface area (Å²) in [6.45, 7) is -0.151. The molecule has 0 aliphatic carbocycles. The van der Waals surface area contributed by atoms with Crippen LogP contribution in [0.25, 0.3) is 31.9 Å². The van der Waals surface area contributed by atoms with Gasteiger partial charge in [0.2, 0.25) is 0 Å². The highest BCUT2D eigenvalue weighted by Crippen LogP contribution is 2.33. The molecule has 25 heavy (non-hydrogen) atoms. The molecule has 0 saturated heterocycles. The molecule has 0 amide bonds. The molecule has 0 spiro atoms. The Morgan fingerprint density at radius 3 is 2.76 bits per heavy atom. The summed E-state index contributed by atoms with van der Waals surface area (Å²) in [6, 6.07) is 14.0. The lowest BCUT2D eigenvalue weighted by molar-refractivity contribution is 0.512. The van der Waals surface area contributed by atoms with Crippen molar-refractivity contribution in [3.05, 3.63) is 61.1 Å². The highest BCUT2D eigenvalue weighted by molar-refractivity contribution is 7.21. The fourth-order valence-corrected chi connectivity index (χ4v) is 3.58. The number of thiophene rings is 1. The van der Waals surface area contributed by atoms with E-state index in [1.807, 2.05) is 36.5 Å². The van der Waals surface area contributed by atoms with E-state index in [-0.39, 0.29) is 6.54 Å². The molecule has 4 aromatic rings. The lowest BCUT2D eigenvalue weighted by Gasteiger charge is -2.04. The molecule has 0 bridgehead atoms. The van der Waals surface area contributed by atoms with Crippen LogP contribution in [0.2, 0.25) is 0 Å². The average molecular weight is 350 g/mol. The van der Waals surface area contributed by atoms with E-state index in [0.717, 1.165) is 31.9 Å². The van der Waals surface area contributed by atoms with E-state index < -0.39 is 6.67 Å². The number of pyridine rings is 3. The molecular formula is C19H15FN4S. The quantitative estimate of drug-likeness (QED) is 0.562. The Morgan fingerprint density at radius 2 is 2.00 bits per heavy atom. The van der Waals surface area contributed by atoms with E-state index in [4.69, 9.17) is 4.98 Å². The van der Waals surface area contributed by atoms with Gasteiger partial charge in [-0.15, -0.1) is 11.3 Å². The Bertz CT molecular complexity index is 983. The van der Waals surface area contributed by atoms with Crippen molar-refractivity contribution >= 4 is 27.4 Å². The third-order valence-corrected chi connectivity index (χ3v) is 4.88. The summed E-state index contributed by atoms with van der Waals surface area (Å²) in [5, 5.41) is 4.03. The summed E-state index contributed by atoms with van der Waals surface area (Å²) < 4.78 is 12.2. The summed E-state index contributed by atoms with van der Waals surface area (Å²) >= 11 is 1.65. The minimum absolute atomic E-state index is 0.267. The number of nitrogens with zero attached hydrogens (tertiary/aromatic N) is 3. The fraction of sp³-hybridized carbons (Fsp3) is 0.105. The molecule has 4 rings (SSSR count). The molecule has 6 heteroatoms. The minimum Gasteiger partial charge on any atom is -0.367 e. The second kappa shape index (κ2) is 6.94. The van der Waals surface area contributed by atoms with Gasteiger partial charge in [-0.2, -0.15) is 0 Å². The first-order valence-electron chi connectivity index (χ1n) is 7.91. The van der Waals surface area contributed by atoms with Crippen LogP contribution in [0, 0.1) is 0 Å². The molecule has 0 atom stereocenters. The van der Waals surface area contributed by atoms with Gasteiger partial charge in [0.25, 0.3) is 0 Å². The Labute approximate surface area is 148 Å². The Morgan fingerprint density at radius 1 is 1.04 bits per heavy atom. The molecule has 0 fully saturated rings. The van der Waals surface area contributed by atoms with Crippen molar-refractivity contribution in [3.8, 4) is 21.7 Å². The van der Waals surface area contributed by atoms with Crippen molar-refractivity contribution in [2.24, 2.45) is 0 Å². The van der Waals surface area contributed by atoms with E-state index in [0.29, 0.717) is 5.82 Å². The van der Waals surface area contributed by atoms with Gasteiger partial charge in [0, 0.05) is 46.5 Å². The first-order valence-corrected chi connectivity index (χ1v) is 8.72. The highest BCUT2D eigenvalue weighted by Gasteiger charge is 2.08. The molecular weight excluding hydrogens is 335 g/mol. The largest absolute Gasteiger partial charge is 0.367 e. The van der Waals surface area contributed by atoms with Crippen LogP contribution < -0.4 is 5.32 Å². The van der Waals surface area contributed by atoms with Gasteiger partial charge in [-0.25, -0.2) is 14.4 Å². The number of rotatable bonds is 5. The predicted molar refractivity (Wildman–Crippen MR) is 101 cm³/mol. The van der Waals surface area contributed by atoms with Crippen LogP contribution >= 0.6 is 11.3 Å². The Hall–Kier alpha value is -2.86. The number of hydrogen-bond acceptors (Lipinski definition) is 5. The van der Waals surface area contributed by atoms with Crippen LogP contribution in [0.4, 0.5) is 10.2 Å². The number of alkyl halides is 1. The maximum atomic E-state index is 12.2. The summed E-state index contributed by atoms with van der Waals surface area (Å²) in [7, 11) is 0. The summed E-state index contributed by atoms with van der Waals surface area (Å²) in [6.07, 6.45) is 5.38. The standard InChI is InChI=1S/C19H15FN4S/c20-7-9-22-18-6-4-14(12-23-18)16-5-3-13-10-17(25-19(13)24-16)15-2-1-8-21-11-15/h1-6,8,10-12H,7,9H2,(H,22,23). The molecule has 0 saturated carbocycles. The van der Waals surface area contributed by atoms with Crippen LogP contribution in [-0.2, 0) is 0 Å². The normalized spacial score (nSPS) is 10.9. The topological polar surface area (TPSA) is 50.7 Å². The number of hydrogen-bond donors (Lipinski definition) is 1. The van der Waals surface area contributed by atoms with Crippen LogP contribution in [0.3, 0.4) is 0 Å². The van der Waals surface area contributed by atoms with E-state index in [9.17, 15) is 4.39 Å². The van der Waals surface area contributed by atoms with Crippen molar-refractivity contribution in [1.29, 1.82) is 0 Å². The smallest absolute Gasteiger partial charge is 0.126 e. The van der Waals surface area contributed by atoms with Crippen molar-refractivity contribution in [1.82, 2.24) is 15.0 Å². The molecule has 0 aliphatic heterocycles. The third kappa shape index (κ3) is 3.34. The van der Waals surface area contributed by atoms with Gasteiger partial charge in [0.15, 0.2) is 0 Å². The number of nitrogens with one attached hydrogen (secondary N) is 1. The monoisotopic (exact) mass is 350 g/mol. The van der Waals surface area contributed by atoms with Crippen molar-refractivity contribution in [3.63, 3.8) is 0 Å². The van der Waals surface area contributed by atoms with E-state index in [1.165, 1.54) is 0 Å². The zero-order chi connectivity index (χ0) is 17.1. The lowest BCUT2D eigenvalue weighted by Crippen LogP contribution is -2.04. The highest BCUT2D eigenvalue weighted by atomic mass is 32.1.